The molecule has 0 atom stereocenters. The normalized spacial score (nSPS) is 16.4. The fraction of sp³-hybridized carbons (Fsp3) is 0.188. The largest absolute Gasteiger partial charge is 0.295 e. The Hall–Kier alpha value is -1.91. The van der Waals surface area contributed by atoms with Crippen molar-refractivity contribution in [3.63, 3.8) is 0 Å². The van der Waals surface area contributed by atoms with Gasteiger partial charge in [0.05, 0.1) is 5.69 Å². The van der Waals surface area contributed by atoms with Crippen molar-refractivity contribution in [3.8, 4) is 0 Å². The van der Waals surface area contributed by atoms with Crippen LogP contribution in [0.4, 0.5) is 17.1 Å². The van der Waals surface area contributed by atoms with Gasteiger partial charge in [-0.3, -0.25) is 10.3 Å². The molecular formula is C16H14Cl2N4. The molecule has 0 saturated carbocycles. The molecule has 1 aliphatic rings. The van der Waals surface area contributed by atoms with E-state index in [0.717, 1.165) is 11.4 Å². The molecule has 1 aliphatic heterocycles. The monoisotopic (exact) mass is 332 g/mol. The summed E-state index contributed by atoms with van der Waals surface area (Å²) < 4.78 is 0. The predicted molar refractivity (Wildman–Crippen MR) is 91.4 cm³/mol. The average Bonchev–Trinajstić information content (AvgIpc) is 2.57. The van der Waals surface area contributed by atoms with Gasteiger partial charge in [-0.15, -0.1) is 0 Å². The van der Waals surface area contributed by atoms with Crippen molar-refractivity contribution in [2.24, 2.45) is 10.2 Å². The molecule has 2 aromatic rings. The number of anilines is 2. The molecule has 0 unspecified atom stereocenters. The number of halogens is 2. The zero-order valence-corrected chi connectivity index (χ0v) is 13.7. The lowest BCUT2D eigenvalue weighted by Crippen LogP contribution is -2.40. The van der Waals surface area contributed by atoms with E-state index in [4.69, 9.17) is 28.6 Å². The maximum Gasteiger partial charge on any atom is 0.135 e. The van der Waals surface area contributed by atoms with Gasteiger partial charge in [0.2, 0.25) is 0 Å². The summed E-state index contributed by atoms with van der Waals surface area (Å²) in [6.45, 7) is 3.71. The van der Waals surface area contributed by atoms with Crippen molar-refractivity contribution in [1.82, 2.24) is 0 Å². The van der Waals surface area contributed by atoms with Crippen LogP contribution in [0.15, 0.2) is 52.7 Å². The van der Waals surface area contributed by atoms with Crippen LogP contribution in [0.5, 0.6) is 0 Å². The van der Waals surface area contributed by atoms with E-state index >= 15 is 0 Å². The van der Waals surface area contributed by atoms with Crippen LogP contribution in [0.25, 0.3) is 0 Å². The summed E-state index contributed by atoms with van der Waals surface area (Å²) in [7, 11) is 0. The molecule has 4 nitrogen and oxygen atoms in total. The van der Waals surface area contributed by atoms with Crippen LogP contribution in [0.3, 0.4) is 0 Å². The molecule has 1 heterocycles. The lowest BCUT2D eigenvalue weighted by molar-refractivity contribution is 0.653. The molecule has 0 amide bonds. The molecule has 22 heavy (non-hydrogen) atoms. The molecule has 0 aliphatic carbocycles. The SMILES string of the molecule is CC1(C)N=Nc2cc(Cl)ccc2N(c2ccc(Cl)cc2)C1=N. The summed E-state index contributed by atoms with van der Waals surface area (Å²) in [5, 5.41) is 18.4. The Labute approximate surface area is 138 Å². The fourth-order valence-corrected chi connectivity index (χ4v) is 2.54. The second-order valence-corrected chi connectivity index (χ2v) is 6.43. The summed E-state index contributed by atoms with van der Waals surface area (Å²) in [6.07, 6.45) is 0. The Balaban J connectivity index is 2.22. The Morgan fingerprint density at radius 2 is 1.64 bits per heavy atom. The van der Waals surface area contributed by atoms with Crippen molar-refractivity contribution in [1.29, 1.82) is 5.41 Å². The van der Waals surface area contributed by atoms with Gasteiger partial charge in [0.25, 0.3) is 0 Å². The smallest absolute Gasteiger partial charge is 0.135 e. The molecule has 0 aromatic heterocycles. The van der Waals surface area contributed by atoms with Gasteiger partial charge in [-0.25, -0.2) is 0 Å². The summed E-state index contributed by atoms with van der Waals surface area (Å²) in [6, 6.07) is 12.7. The molecule has 0 radical (unpaired) electrons. The third-order valence-corrected chi connectivity index (χ3v) is 3.96. The first kappa shape index (κ1) is 15.0. The zero-order valence-electron chi connectivity index (χ0n) is 12.1. The van der Waals surface area contributed by atoms with E-state index in [1.54, 1.807) is 24.3 Å². The number of rotatable bonds is 1. The third-order valence-electron chi connectivity index (χ3n) is 3.47. The number of hydrogen-bond acceptors (Lipinski definition) is 3. The van der Waals surface area contributed by atoms with Gasteiger partial charge in [-0.2, -0.15) is 10.2 Å². The first-order chi connectivity index (χ1) is 10.4. The molecular weight excluding hydrogens is 319 g/mol. The maximum absolute atomic E-state index is 8.57. The summed E-state index contributed by atoms with van der Waals surface area (Å²) in [5.74, 6) is 0.333. The summed E-state index contributed by atoms with van der Waals surface area (Å²) >= 11 is 12.0. The minimum Gasteiger partial charge on any atom is -0.295 e. The van der Waals surface area contributed by atoms with Gasteiger partial charge in [0.15, 0.2) is 0 Å². The number of fused-ring (bicyclic) bond motifs is 1. The van der Waals surface area contributed by atoms with Crippen molar-refractivity contribution >= 4 is 46.1 Å². The zero-order chi connectivity index (χ0) is 15.9. The van der Waals surface area contributed by atoms with E-state index < -0.39 is 5.54 Å². The van der Waals surface area contributed by atoms with Crippen LogP contribution in [0.1, 0.15) is 13.8 Å². The van der Waals surface area contributed by atoms with E-state index in [1.165, 1.54) is 0 Å². The molecule has 0 fully saturated rings. The quantitative estimate of drug-likeness (QED) is 0.685. The molecule has 6 heteroatoms. The molecule has 0 saturated heterocycles. The average molecular weight is 333 g/mol. The number of nitrogens with zero attached hydrogens (tertiary/aromatic N) is 3. The van der Waals surface area contributed by atoms with E-state index in [2.05, 4.69) is 10.2 Å². The van der Waals surface area contributed by atoms with Crippen LogP contribution in [0.2, 0.25) is 10.0 Å². The van der Waals surface area contributed by atoms with E-state index in [1.807, 2.05) is 36.9 Å². The molecule has 112 valence electrons. The highest BCUT2D eigenvalue weighted by molar-refractivity contribution is 6.31. The van der Waals surface area contributed by atoms with Gasteiger partial charge >= 0.3 is 0 Å². The minimum atomic E-state index is -0.745. The fourth-order valence-electron chi connectivity index (χ4n) is 2.24. The van der Waals surface area contributed by atoms with Crippen LogP contribution >= 0.6 is 23.2 Å². The van der Waals surface area contributed by atoms with E-state index in [-0.39, 0.29) is 0 Å². The molecule has 1 N–H and O–H groups in total. The molecule has 0 spiro atoms. The van der Waals surface area contributed by atoms with Crippen LogP contribution in [0, 0.1) is 5.41 Å². The topological polar surface area (TPSA) is 51.8 Å². The Morgan fingerprint density at radius 1 is 1.00 bits per heavy atom. The molecule has 2 aromatic carbocycles. The minimum absolute atomic E-state index is 0.333. The van der Waals surface area contributed by atoms with Gasteiger partial charge < -0.3 is 0 Å². The first-order valence-electron chi connectivity index (χ1n) is 6.76. The highest BCUT2D eigenvalue weighted by atomic mass is 35.5. The number of nitrogens with one attached hydrogen (secondary N) is 1. The third kappa shape index (κ3) is 2.60. The summed E-state index contributed by atoms with van der Waals surface area (Å²) in [4.78, 5) is 1.82. The second kappa shape index (κ2) is 5.38. The highest BCUT2D eigenvalue weighted by Gasteiger charge is 2.33. The highest BCUT2D eigenvalue weighted by Crippen LogP contribution is 2.41. The van der Waals surface area contributed by atoms with Gasteiger partial charge in [-0.05, 0) is 56.3 Å². The lowest BCUT2D eigenvalue weighted by atomic mass is 10.0. The first-order valence-corrected chi connectivity index (χ1v) is 7.51. The lowest BCUT2D eigenvalue weighted by Gasteiger charge is -2.30. The van der Waals surface area contributed by atoms with Crippen molar-refractivity contribution in [3.05, 3.63) is 52.5 Å². The van der Waals surface area contributed by atoms with Gasteiger partial charge in [0.1, 0.15) is 17.1 Å². The van der Waals surface area contributed by atoms with Crippen LogP contribution < -0.4 is 4.90 Å². The number of azo groups is 1. The van der Waals surface area contributed by atoms with Crippen molar-refractivity contribution in [2.75, 3.05) is 4.90 Å². The van der Waals surface area contributed by atoms with Crippen LogP contribution in [-0.2, 0) is 0 Å². The van der Waals surface area contributed by atoms with Gasteiger partial charge in [0, 0.05) is 15.7 Å². The van der Waals surface area contributed by atoms with Crippen molar-refractivity contribution in [2.45, 2.75) is 19.4 Å². The van der Waals surface area contributed by atoms with E-state index in [9.17, 15) is 0 Å². The number of amidine groups is 1. The number of hydrogen-bond donors (Lipinski definition) is 1. The predicted octanol–water partition coefficient (Wildman–Crippen LogP) is 5.98. The van der Waals surface area contributed by atoms with Crippen LogP contribution in [-0.4, -0.2) is 11.4 Å². The second-order valence-electron chi connectivity index (χ2n) is 5.55. The standard InChI is InChI=1S/C16H14Cl2N4/c1-16(2)15(19)22(12-6-3-10(17)4-7-12)14-8-5-11(18)9-13(14)20-21-16/h3-9,19H,1-2H3. The Kier molecular flexibility index (Phi) is 3.67. The molecule has 3 rings (SSSR count). The Bertz CT molecular complexity index is 766. The summed E-state index contributed by atoms with van der Waals surface area (Å²) in [5.41, 5.74) is 1.49. The molecule has 0 bridgehead atoms. The van der Waals surface area contributed by atoms with E-state index in [0.29, 0.717) is 21.6 Å². The van der Waals surface area contributed by atoms with Gasteiger partial charge in [-0.1, -0.05) is 23.2 Å². The number of benzene rings is 2. The Morgan fingerprint density at radius 3 is 2.32 bits per heavy atom. The maximum atomic E-state index is 8.57. The van der Waals surface area contributed by atoms with Crippen molar-refractivity contribution < 1.29 is 0 Å².